The van der Waals surface area contributed by atoms with Crippen LogP contribution in [0.5, 0.6) is 6.01 Å². The number of rotatable bonds is 5. The van der Waals surface area contributed by atoms with E-state index in [1.807, 2.05) is 0 Å². The van der Waals surface area contributed by atoms with Crippen molar-refractivity contribution >= 4 is 15.7 Å². The molecule has 9 nitrogen and oxygen atoms in total. The zero-order valence-corrected chi connectivity index (χ0v) is 15.6. The predicted octanol–water partition coefficient (Wildman–Crippen LogP) is 2.64. The maximum Gasteiger partial charge on any atom is 0.433 e. The van der Waals surface area contributed by atoms with Gasteiger partial charge in [0.1, 0.15) is 6.10 Å². The number of benzene rings is 1. The van der Waals surface area contributed by atoms with Gasteiger partial charge in [-0.2, -0.15) is 22.5 Å². The van der Waals surface area contributed by atoms with Crippen LogP contribution >= 0.6 is 0 Å². The number of nitro benzene ring substituents is 1. The van der Waals surface area contributed by atoms with Crippen molar-refractivity contribution in [3.8, 4) is 6.01 Å². The van der Waals surface area contributed by atoms with E-state index in [1.54, 1.807) is 0 Å². The Morgan fingerprint density at radius 2 is 1.97 bits per heavy atom. The number of sulfonamides is 1. The van der Waals surface area contributed by atoms with Gasteiger partial charge in [0.05, 0.1) is 11.5 Å². The van der Waals surface area contributed by atoms with Crippen LogP contribution < -0.4 is 4.74 Å². The first-order valence-corrected chi connectivity index (χ1v) is 9.83. The normalized spacial score (nSPS) is 18.4. The molecule has 1 aliphatic rings. The van der Waals surface area contributed by atoms with E-state index in [1.165, 1.54) is 12.1 Å². The number of hydrogen-bond donors (Lipinski definition) is 0. The second-order valence-electron chi connectivity index (χ2n) is 6.19. The monoisotopic (exact) mass is 432 g/mol. The second-order valence-corrected chi connectivity index (χ2v) is 8.10. The molecular weight excluding hydrogens is 417 g/mol. The Morgan fingerprint density at radius 1 is 1.24 bits per heavy atom. The first-order valence-electron chi connectivity index (χ1n) is 8.39. The van der Waals surface area contributed by atoms with E-state index in [2.05, 4.69) is 9.97 Å². The Morgan fingerprint density at radius 3 is 2.66 bits per heavy atom. The van der Waals surface area contributed by atoms with E-state index < -0.39 is 49.5 Å². The second kappa shape index (κ2) is 7.91. The van der Waals surface area contributed by atoms with Crippen molar-refractivity contribution in [1.82, 2.24) is 14.3 Å². The van der Waals surface area contributed by atoms with E-state index in [-0.39, 0.29) is 13.1 Å². The molecule has 0 amide bonds. The molecule has 1 unspecified atom stereocenters. The standard InChI is InChI=1S/C16H15F3N4O5S/c17-16(18,19)14-7-8-20-15(21-14)28-11-4-3-9-22(10-11)29(26,27)13-6-2-1-5-12(13)23(24)25/h1-2,5-8,11H,3-4,9-10H2. The van der Waals surface area contributed by atoms with Crippen molar-refractivity contribution in [1.29, 1.82) is 0 Å². The van der Waals surface area contributed by atoms with Gasteiger partial charge >= 0.3 is 12.2 Å². The average molecular weight is 432 g/mol. The zero-order chi connectivity index (χ0) is 21.2. The maximum absolute atomic E-state index is 12.9. The average Bonchev–Trinajstić information content (AvgIpc) is 2.68. The van der Waals surface area contributed by atoms with Crippen molar-refractivity contribution in [2.45, 2.75) is 30.0 Å². The van der Waals surface area contributed by atoms with E-state index in [4.69, 9.17) is 4.74 Å². The molecule has 1 aliphatic heterocycles. The molecule has 2 heterocycles. The summed E-state index contributed by atoms with van der Waals surface area (Å²) >= 11 is 0. The molecule has 156 valence electrons. The van der Waals surface area contributed by atoms with E-state index in [0.717, 1.165) is 22.6 Å². The van der Waals surface area contributed by atoms with Crippen molar-refractivity contribution in [2.24, 2.45) is 0 Å². The van der Waals surface area contributed by atoms with Crippen LogP contribution in [0.3, 0.4) is 0 Å². The van der Waals surface area contributed by atoms with Crippen LogP contribution in [0.25, 0.3) is 0 Å². The van der Waals surface area contributed by atoms with Crippen LogP contribution in [-0.4, -0.2) is 46.8 Å². The molecule has 13 heteroatoms. The van der Waals surface area contributed by atoms with Gasteiger partial charge in [-0.25, -0.2) is 13.4 Å². The highest BCUT2D eigenvalue weighted by molar-refractivity contribution is 7.89. The SMILES string of the molecule is O=[N+]([O-])c1ccccc1S(=O)(=O)N1CCCC(Oc2nccc(C(F)(F)F)n2)C1. The number of hydrogen-bond acceptors (Lipinski definition) is 7. The number of piperidine rings is 1. The van der Waals surface area contributed by atoms with Gasteiger partial charge in [-0.05, 0) is 25.0 Å². The van der Waals surface area contributed by atoms with Crippen LogP contribution in [-0.2, 0) is 16.2 Å². The van der Waals surface area contributed by atoms with Gasteiger partial charge < -0.3 is 4.74 Å². The third-order valence-corrected chi connectivity index (χ3v) is 6.13. The quantitative estimate of drug-likeness (QED) is 0.527. The molecule has 1 saturated heterocycles. The lowest BCUT2D eigenvalue weighted by Crippen LogP contribution is -2.44. The van der Waals surface area contributed by atoms with Gasteiger partial charge in [0.2, 0.25) is 10.0 Å². The number of ether oxygens (including phenoxy) is 1. The van der Waals surface area contributed by atoms with Crippen LogP contribution in [0.1, 0.15) is 18.5 Å². The lowest BCUT2D eigenvalue weighted by atomic mass is 10.1. The molecule has 3 rings (SSSR count). The highest BCUT2D eigenvalue weighted by Crippen LogP contribution is 2.30. The Labute approximate surface area is 163 Å². The number of halogens is 3. The predicted molar refractivity (Wildman–Crippen MR) is 92.5 cm³/mol. The molecule has 0 N–H and O–H groups in total. The zero-order valence-electron chi connectivity index (χ0n) is 14.7. The lowest BCUT2D eigenvalue weighted by Gasteiger charge is -2.31. The number of nitrogens with zero attached hydrogens (tertiary/aromatic N) is 4. The molecule has 0 spiro atoms. The smallest absolute Gasteiger partial charge is 0.433 e. The largest absolute Gasteiger partial charge is 0.459 e. The van der Waals surface area contributed by atoms with Crippen LogP contribution in [0, 0.1) is 10.1 Å². The van der Waals surface area contributed by atoms with Gasteiger partial charge in [-0.3, -0.25) is 10.1 Å². The molecule has 0 aliphatic carbocycles. The summed E-state index contributed by atoms with van der Waals surface area (Å²) in [7, 11) is -4.20. The minimum atomic E-state index is -4.67. The van der Waals surface area contributed by atoms with Crippen molar-refractivity contribution in [2.75, 3.05) is 13.1 Å². The Hall–Kier alpha value is -2.80. The summed E-state index contributed by atoms with van der Waals surface area (Å²) in [5.74, 6) is 0. The fourth-order valence-corrected chi connectivity index (χ4v) is 4.56. The van der Waals surface area contributed by atoms with E-state index in [9.17, 15) is 31.7 Å². The molecule has 0 saturated carbocycles. The Kier molecular flexibility index (Phi) is 5.71. The third-order valence-electron chi connectivity index (χ3n) is 4.22. The molecule has 0 bridgehead atoms. The molecule has 2 aromatic rings. The van der Waals surface area contributed by atoms with Crippen molar-refractivity contribution < 1.29 is 31.2 Å². The van der Waals surface area contributed by atoms with E-state index >= 15 is 0 Å². The first-order chi connectivity index (χ1) is 13.6. The molecule has 1 aromatic carbocycles. The summed E-state index contributed by atoms with van der Waals surface area (Å²) in [6.45, 7) is -0.105. The molecule has 1 fully saturated rings. The van der Waals surface area contributed by atoms with Gasteiger partial charge in [-0.15, -0.1) is 0 Å². The van der Waals surface area contributed by atoms with Gasteiger partial charge in [0.15, 0.2) is 10.6 Å². The molecule has 1 atom stereocenters. The number of alkyl halides is 3. The van der Waals surface area contributed by atoms with Gasteiger partial charge in [0.25, 0.3) is 5.69 Å². The number of para-hydroxylation sites is 1. The minimum absolute atomic E-state index is 0.0949. The minimum Gasteiger partial charge on any atom is -0.459 e. The van der Waals surface area contributed by atoms with Gasteiger partial charge in [-0.1, -0.05) is 12.1 Å². The molecule has 0 radical (unpaired) electrons. The Balaban J connectivity index is 1.80. The van der Waals surface area contributed by atoms with Crippen LogP contribution in [0.2, 0.25) is 0 Å². The molecule has 1 aromatic heterocycles. The molecular formula is C16H15F3N4O5S. The maximum atomic E-state index is 12.9. The highest BCUT2D eigenvalue weighted by Gasteiger charge is 2.36. The summed E-state index contributed by atoms with van der Waals surface area (Å²) in [4.78, 5) is 16.9. The van der Waals surface area contributed by atoms with Crippen LogP contribution in [0.4, 0.5) is 18.9 Å². The lowest BCUT2D eigenvalue weighted by molar-refractivity contribution is -0.387. The van der Waals surface area contributed by atoms with Crippen LogP contribution in [0.15, 0.2) is 41.4 Å². The van der Waals surface area contributed by atoms with Crippen molar-refractivity contribution in [3.05, 3.63) is 52.3 Å². The number of nitro groups is 1. The number of aromatic nitrogens is 2. The Bertz CT molecular complexity index is 1020. The summed E-state index contributed by atoms with van der Waals surface area (Å²) < 4.78 is 70.4. The fourth-order valence-electron chi connectivity index (χ4n) is 2.89. The van der Waals surface area contributed by atoms with E-state index in [0.29, 0.717) is 18.9 Å². The summed E-state index contributed by atoms with van der Waals surface area (Å²) in [6, 6.07) is 5.11. The van der Waals surface area contributed by atoms with Gasteiger partial charge in [0, 0.05) is 18.8 Å². The summed E-state index contributed by atoms with van der Waals surface area (Å²) in [6.07, 6.45) is -3.86. The first kappa shape index (κ1) is 20.9. The molecule has 29 heavy (non-hydrogen) atoms. The summed E-state index contributed by atoms with van der Waals surface area (Å²) in [5.41, 5.74) is -1.74. The third kappa shape index (κ3) is 4.62. The fraction of sp³-hybridized carbons (Fsp3) is 0.375. The summed E-state index contributed by atoms with van der Waals surface area (Å²) in [5, 5.41) is 11.2. The van der Waals surface area contributed by atoms with Crippen molar-refractivity contribution in [3.63, 3.8) is 0 Å². The topological polar surface area (TPSA) is 116 Å². The highest BCUT2D eigenvalue weighted by atomic mass is 32.2.